The molecule has 0 aromatic heterocycles. The minimum absolute atomic E-state index is 0.147. The van der Waals surface area contributed by atoms with Crippen LogP contribution in [0.2, 0.25) is 0 Å². The Morgan fingerprint density at radius 2 is 1.71 bits per heavy atom. The molecule has 0 N–H and O–H groups in total. The van der Waals surface area contributed by atoms with Crippen molar-refractivity contribution in [3.8, 4) is 0 Å². The van der Waals surface area contributed by atoms with E-state index in [1.54, 1.807) is 0 Å². The van der Waals surface area contributed by atoms with Crippen LogP contribution in [0.1, 0.15) is 24.5 Å². The number of carbonyl (C=O) groups is 1. The number of benzene rings is 2. The van der Waals surface area contributed by atoms with Crippen LogP contribution in [-0.2, 0) is 11.3 Å². The Hall–Kier alpha value is -2.61. The number of allylic oxidation sites excluding steroid dienone is 1. The minimum Gasteiger partial charge on any atom is -0.334 e. The predicted molar refractivity (Wildman–Crippen MR) is 99.2 cm³/mol. The molecule has 2 aromatic carbocycles. The van der Waals surface area contributed by atoms with Crippen LogP contribution in [0.25, 0.3) is 6.08 Å². The summed E-state index contributed by atoms with van der Waals surface area (Å²) in [5, 5.41) is 0. The van der Waals surface area contributed by atoms with Crippen molar-refractivity contribution in [2.45, 2.75) is 19.9 Å². The number of nitrogens with zero attached hydrogens (tertiary/aromatic N) is 1. The average molecular weight is 317 g/mol. The summed E-state index contributed by atoms with van der Waals surface area (Å²) in [6.45, 7) is 3.54. The Balaban J connectivity index is 1.86. The second-order valence-corrected chi connectivity index (χ2v) is 6.12. The Bertz CT molecular complexity index is 731. The first-order valence-corrected chi connectivity index (χ1v) is 8.54. The van der Waals surface area contributed by atoms with Gasteiger partial charge in [-0.1, -0.05) is 79.7 Å². The van der Waals surface area contributed by atoms with Crippen LogP contribution >= 0.6 is 0 Å². The van der Waals surface area contributed by atoms with E-state index < -0.39 is 0 Å². The Kier molecular flexibility index (Phi) is 5.27. The molecule has 0 spiro atoms. The first kappa shape index (κ1) is 16.3. The van der Waals surface area contributed by atoms with Gasteiger partial charge in [0.25, 0.3) is 5.91 Å². The summed E-state index contributed by atoms with van der Waals surface area (Å²) in [5.74, 6) is 0.315. The first-order chi connectivity index (χ1) is 11.8. The van der Waals surface area contributed by atoms with E-state index in [9.17, 15) is 4.79 Å². The van der Waals surface area contributed by atoms with Crippen molar-refractivity contribution in [1.29, 1.82) is 0 Å². The highest BCUT2D eigenvalue weighted by atomic mass is 16.2. The van der Waals surface area contributed by atoms with Gasteiger partial charge in [0, 0.05) is 24.6 Å². The van der Waals surface area contributed by atoms with Crippen LogP contribution in [0.3, 0.4) is 0 Å². The van der Waals surface area contributed by atoms with Crippen LogP contribution in [0.15, 0.2) is 78.4 Å². The third-order valence-electron chi connectivity index (χ3n) is 4.29. The molecule has 1 aliphatic heterocycles. The SMILES string of the molecule is CC/C=C/[C@H]1CN(Cc2ccccc2)C(=O)/C1=C\c1ccccc1. The molecule has 1 aliphatic rings. The largest absolute Gasteiger partial charge is 0.334 e. The molecule has 122 valence electrons. The summed E-state index contributed by atoms with van der Waals surface area (Å²) in [5.41, 5.74) is 3.14. The second-order valence-electron chi connectivity index (χ2n) is 6.12. The summed E-state index contributed by atoms with van der Waals surface area (Å²) in [4.78, 5) is 14.9. The van der Waals surface area contributed by atoms with Gasteiger partial charge in [0.2, 0.25) is 0 Å². The standard InChI is InChI=1S/C22H23NO/c1-2-3-14-20-17-23(16-19-12-8-5-9-13-19)22(24)21(20)15-18-10-6-4-7-11-18/h3-15,20H,2,16-17H2,1H3/b14-3+,21-15-/t20-/m0/s1. The topological polar surface area (TPSA) is 20.3 Å². The van der Waals surface area contributed by atoms with Crippen molar-refractivity contribution in [3.63, 3.8) is 0 Å². The van der Waals surface area contributed by atoms with Gasteiger partial charge >= 0.3 is 0 Å². The molecule has 1 saturated heterocycles. The number of likely N-dealkylation sites (tertiary alicyclic amines) is 1. The maximum atomic E-state index is 12.9. The van der Waals surface area contributed by atoms with Gasteiger partial charge in [0.1, 0.15) is 0 Å². The molecule has 2 nitrogen and oxygen atoms in total. The fourth-order valence-corrected chi connectivity index (χ4v) is 3.06. The van der Waals surface area contributed by atoms with E-state index in [0.717, 1.165) is 24.1 Å². The van der Waals surface area contributed by atoms with Crippen molar-refractivity contribution in [2.24, 2.45) is 5.92 Å². The van der Waals surface area contributed by atoms with Gasteiger partial charge in [-0.15, -0.1) is 0 Å². The lowest BCUT2D eigenvalue weighted by atomic mass is 9.99. The van der Waals surface area contributed by atoms with Crippen LogP contribution in [0, 0.1) is 5.92 Å². The molecule has 0 radical (unpaired) electrons. The number of hydrogen-bond acceptors (Lipinski definition) is 1. The minimum atomic E-state index is 0.147. The monoisotopic (exact) mass is 317 g/mol. The quantitative estimate of drug-likeness (QED) is 0.578. The summed E-state index contributed by atoms with van der Waals surface area (Å²) in [7, 11) is 0. The molecule has 2 heteroatoms. The van der Waals surface area contributed by atoms with E-state index in [0.29, 0.717) is 6.54 Å². The molecule has 1 atom stereocenters. The predicted octanol–water partition coefficient (Wildman–Crippen LogP) is 4.69. The Morgan fingerprint density at radius 1 is 1.04 bits per heavy atom. The fourth-order valence-electron chi connectivity index (χ4n) is 3.06. The number of amides is 1. The lowest BCUT2D eigenvalue weighted by Crippen LogP contribution is -2.24. The maximum Gasteiger partial charge on any atom is 0.250 e. The van der Waals surface area contributed by atoms with Gasteiger partial charge in [-0.25, -0.2) is 0 Å². The lowest BCUT2D eigenvalue weighted by Gasteiger charge is -2.15. The molecule has 24 heavy (non-hydrogen) atoms. The molecule has 3 rings (SSSR count). The summed E-state index contributed by atoms with van der Waals surface area (Å²) >= 11 is 0. The molecule has 0 unspecified atom stereocenters. The molecule has 1 amide bonds. The van der Waals surface area contributed by atoms with Crippen LogP contribution < -0.4 is 0 Å². The van der Waals surface area contributed by atoms with E-state index in [1.165, 1.54) is 5.56 Å². The maximum absolute atomic E-state index is 12.9. The molecule has 0 aliphatic carbocycles. The zero-order chi connectivity index (χ0) is 16.8. The molecule has 1 heterocycles. The summed E-state index contributed by atoms with van der Waals surface area (Å²) < 4.78 is 0. The van der Waals surface area contributed by atoms with Crippen molar-refractivity contribution in [3.05, 3.63) is 89.5 Å². The van der Waals surface area contributed by atoms with E-state index in [4.69, 9.17) is 0 Å². The number of hydrogen-bond donors (Lipinski definition) is 0. The van der Waals surface area contributed by atoms with Crippen LogP contribution in [0.5, 0.6) is 0 Å². The van der Waals surface area contributed by atoms with Crippen molar-refractivity contribution in [1.82, 2.24) is 4.90 Å². The molecular weight excluding hydrogens is 294 g/mol. The third-order valence-corrected chi connectivity index (χ3v) is 4.29. The number of carbonyl (C=O) groups excluding carboxylic acids is 1. The van der Waals surface area contributed by atoms with Crippen molar-refractivity contribution in [2.75, 3.05) is 6.54 Å². The zero-order valence-corrected chi connectivity index (χ0v) is 14.1. The van der Waals surface area contributed by atoms with Crippen molar-refractivity contribution >= 4 is 12.0 Å². The van der Waals surface area contributed by atoms with Gasteiger partial charge in [0.05, 0.1) is 0 Å². The number of rotatable bonds is 5. The third kappa shape index (κ3) is 3.83. The highest BCUT2D eigenvalue weighted by Gasteiger charge is 2.33. The van der Waals surface area contributed by atoms with Gasteiger partial charge < -0.3 is 4.90 Å². The van der Waals surface area contributed by atoms with Crippen LogP contribution in [-0.4, -0.2) is 17.4 Å². The summed E-state index contributed by atoms with van der Waals surface area (Å²) in [6.07, 6.45) is 7.36. The van der Waals surface area contributed by atoms with E-state index in [-0.39, 0.29) is 11.8 Å². The fraction of sp³-hybridized carbons (Fsp3) is 0.227. The molecular formula is C22H23NO. The van der Waals surface area contributed by atoms with Gasteiger partial charge in [-0.2, -0.15) is 0 Å². The van der Waals surface area contributed by atoms with E-state index >= 15 is 0 Å². The van der Waals surface area contributed by atoms with Gasteiger partial charge in [-0.3, -0.25) is 4.79 Å². The second kappa shape index (κ2) is 7.78. The van der Waals surface area contributed by atoms with Crippen LogP contribution in [0.4, 0.5) is 0 Å². The Morgan fingerprint density at radius 3 is 2.38 bits per heavy atom. The van der Waals surface area contributed by atoms with Gasteiger partial charge in [-0.05, 0) is 23.6 Å². The van der Waals surface area contributed by atoms with E-state index in [1.807, 2.05) is 59.5 Å². The summed E-state index contributed by atoms with van der Waals surface area (Å²) in [6, 6.07) is 20.3. The molecule has 0 saturated carbocycles. The highest BCUT2D eigenvalue weighted by Crippen LogP contribution is 2.29. The molecule has 2 aromatic rings. The lowest BCUT2D eigenvalue weighted by molar-refractivity contribution is -0.125. The zero-order valence-electron chi connectivity index (χ0n) is 14.1. The Labute approximate surface area is 144 Å². The normalized spacial score (nSPS) is 19.5. The molecule has 0 bridgehead atoms. The van der Waals surface area contributed by atoms with Crippen molar-refractivity contribution < 1.29 is 4.79 Å². The van der Waals surface area contributed by atoms with E-state index in [2.05, 4.69) is 31.2 Å². The smallest absolute Gasteiger partial charge is 0.250 e. The average Bonchev–Trinajstić information content (AvgIpc) is 2.91. The first-order valence-electron chi connectivity index (χ1n) is 8.54. The highest BCUT2D eigenvalue weighted by molar-refractivity contribution is 6.01. The van der Waals surface area contributed by atoms with Gasteiger partial charge in [0.15, 0.2) is 0 Å². The molecule has 1 fully saturated rings.